The maximum absolute atomic E-state index is 12.2. The Morgan fingerprint density at radius 2 is 2.00 bits per heavy atom. The van der Waals surface area contributed by atoms with E-state index in [2.05, 4.69) is 10.3 Å². The minimum absolute atomic E-state index is 0.250. The van der Waals surface area contributed by atoms with Crippen molar-refractivity contribution in [2.24, 2.45) is 0 Å². The highest BCUT2D eigenvalue weighted by atomic mass is 35.5. The number of esters is 1. The Hall–Kier alpha value is -1.81. The molecule has 0 radical (unpaired) electrons. The summed E-state index contributed by atoms with van der Waals surface area (Å²) >= 11 is 6.43. The van der Waals surface area contributed by atoms with Gasteiger partial charge in [0.05, 0.1) is 17.1 Å². The highest BCUT2D eigenvalue weighted by molar-refractivity contribution is 6.39. The molecule has 2 aromatic rings. The fraction of sp³-hybridized carbons (Fsp3) is 0.375. The lowest BCUT2D eigenvalue weighted by atomic mass is 10.1. The number of benzene rings is 1. The van der Waals surface area contributed by atoms with Gasteiger partial charge in [0.25, 0.3) is 0 Å². The SMILES string of the molecule is CCOC(=O)c1c(NC(C)(C)C)nc2ccccc2c1Cl. The molecule has 0 atom stereocenters. The summed E-state index contributed by atoms with van der Waals surface area (Å²) in [5, 5.41) is 4.33. The number of hydrogen-bond acceptors (Lipinski definition) is 4. The van der Waals surface area contributed by atoms with Crippen LogP contribution >= 0.6 is 11.6 Å². The van der Waals surface area contributed by atoms with E-state index < -0.39 is 5.97 Å². The van der Waals surface area contributed by atoms with Crippen molar-refractivity contribution in [3.63, 3.8) is 0 Å². The molecule has 4 nitrogen and oxygen atoms in total. The van der Waals surface area contributed by atoms with Crippen molar-refractivity contribution in [2.75, 3.05) is 11.9 Å². The molecule has 0 fully saturated rings. The summed E-state index contributed by atoms with van der Waals surface area (Å²) in [5.41, 5.74) is 0.773. The molecule has 21 heavy (non-hydrogen) atoms. The van der Waals surface area contributed by atoms with Gasteiger partial charge in [0.15, 0.2) is 0 Å². The van der Waals surface area contributed by atoms with Crippen molar-refractivity contribution in [1.29, 1.82) is 0 Å². The molecule has 1 aromatic heterocycles. The smallest absolute Gasteiger partial charge is 0.343 e. The summed E-state index contributed by atoms with van der Waals surface area (Å²) in [6.07, 6.45) is 0. The molecule has 0 aliphatic heterocycles. The van der Waals surface area contributed by atoms with Crippen LogP contribution in [0.4, 0.5) is 5.82 Å². The standard InChI is InChI=1S/C16H19ClN2O2/c1-5-21-15(20)12-13(17)10-8-6-7-9-11(10)18-14(12)19-16(2,3)4/h6-9H,5H2,1-4H3,(H,18,19). The fourth-order valence-corrected chi connectivity index (χ4v) is 2.33. The molecule has 0 saturated carbocycles. The molecular weight excluding hydrogens is 288 g/mol. The zero-order valence-corrected chi connectivity index (χ0v) is 13.4. The molecule has 0 amide bonds. The van der Waals surface area contributed by atoms with Crippen LogP contribution in [0, 0.1) is 0 Å². The Morgan fingerprint density at radius 1 is 1.33 bits per heavy atom. The molecule has 1 heterocycles. The first kappa shape index (κ1) is 15.6. The number of carbonyl (C=O) groups is 1. The van der Waals surface area contributed by atoms with E-state index in [-0.39, 0.29) is 17.7 Å². The molecule has 2 rings (SSSR count). The van der Waals surface area contributed by atoms with Crippen LogP contribution in [0.15, 0.2) is 24.3 Å². The second-order valence-corrected chi connectivity index (χ2v) is 6.14. The number of nitrogens with one attached hydrogen (secondary N) is 1. The second-order valence-electron chi connectivity index (χ2n) is 5.76. The summed E-state index contributed by atoms with van der Waals surface area (Å²) in [5.74, 6) is -0.0165. The van der Waals surface area contributed by atoms with Gasteiger partial charge in [-0.05, 0) is 33.8 Å². The number of ether oxygens (including phenoxy) is 1. The van der Waals surface area contributed by atoms with Gasteiger partial charge >= 0.3 is 5.97 Å². The molecule has 0 unspecified atom stereocenters. The Balaban J connectivity index is 2.68. The first-order valence-electron chi connectivity index (χ1n) is 6.87. The minimum atomic E-state index is -0.465. The van der Waals surface area contributed by atoms with Crippen molar-refractivity contribution in [2.45, 2.75) is 33.2 Å². The molecule has 1 aromatic carbocycles. The highest BCUT2D eigenvalue weighted by Crippen LogP contribution is 2.32. The van der Waals surface area contributed by atoms with E-state index in [1.807, 2.05) is 45.0 Å². The first-order valence-corrected chi connectivity index (χ1v) is 7.25. The summed E-state index contributed by atoms with van der Waals surface area (Å²) in [6.45, 7) is 8.03. The van der Waals surface area contributed by atoms with Gasteiger partial charge in [-0.2, -0.15) is 0 Å². The number of para-hydroxylation sites is 1. The number of halogens is 1. The van der Waals surface area contributed by atoms with Gasteiger partial charge in [0.1, 0.15) is 11.4 Å². The van der Waals surface area contributed by atoms with Gasteiger partial charge in [-0.15, -0.1) is 0 Å². The van der Waals surface area contributed by atoms with Crippen LogP contribution in [-0.2, 0) is 4.74 Å². The predicted molar refractivity (Wildman–Crippen MR) is 86.1 cm³/mol. The lowest BCUT2D eigenvalue weighted by Crippen LogP contribution is -2.28. The van der Waals surface area contributed by atoms with Crippen LogP contribution in [-0.4, -0.2) is 23.1 Å². The maximum Gasteiger partial charge on any atom is 0.343 e. The van der Waals surface area contributed by atoms with Crippen LogP contribution in [0.25, 0.3) is 10.9 Å². The molecule has 0 saturated heterocycles. The number of rotatable bonds is 3. The number of aromatic nitrogens is 1. The van der Waals surface area contributed by atoms with Gasteiger partial charge < -0.3 is 10.1 Å². The van der Waals surface area contributed by atoms with Crippen LogP contribution in [0.3, 0.4) is 0 Å². The number of pyridine rings is 1. The first-order chi connectivity index (χ1) is 9.83. The van der Waals surface area contributed by atoms with E-state index in [1.165, 1.54) is 0 Å². The van der Waals surface area contributed by atoms with Crippen molar-refractivity contribution >= 4 is 34.3 Å². The number of fused-ring (bicyclic) bond motifs is 1. The molecule has 112 valence electrons. The normalized spacial score (nSPS) is 11.5. The van der Waals surface area contributed by atoms with E-state index >= 15 is 0 Å². The van der Waals surface area contributed by atoms with Crippen molar-refractivity contribution in [1.82, 2.24) is 4.98 Å². The summed E-state index contributed by atoms with van der Waals surface area (Å²) in [7, 11) is 0. The lowest BCUT2D eigenvalue weighted by molar-refractivity contribution is 0.0527. The molecule has 0 aliphatic carbocycles. The number of nitrogens with zero attached hydrogens (tertiary/aromatic N) is 1. The highest BCUT2D eigenvalue weighted by Gasteiger charge is 2.23. The number of anilines is 1. The van der Waals surface area contributed by atoms with E-state index in [0.29, 0.717) is 10.8 Å². The van der Waals surface area contributed by atoms with Gasteiger partial charge in [0.2, 0.25) is 0 Å². The molecular formula is C16H19ClN2O2. The predicted octanol–water partition coefficient (Wildman–Crippen LogP) is 4.28. The third-order valence-corrected chi connectivity index (χ3v) is 3.19. The zero-order chi connectivity index (χ0) is 15.6. The van der Waals surface area contributed by atoms with Crippen LogP contribution < -0.4 is 5.32 Å². The Bertz CT molecular complexity index is 678. The van der Waals surface area contributed by atoms with Gasteiger partial charge in [0, 0.05) is 10.9 Å². The van der Waals surface area contributed by atoms with Crippen molar-refractivity contribution in [3.05, 3.63) is 34.9 Å². The summed E-state index contributed by atoms with van der Waals surface area (Å²) in [6, 6.07) is 7.45. The van der Waals surface area contributed by atoms with Crippen LogP contribution in [0.5, 0.6) is 0 Å². The molecule has 1 N–H and O–H groups in total. The maximum atomic E-state index is 12.2. The van der Waals surface area contributed by atoms with Crippen molar-refractivity contribution < 1.29 is 9.53 Å². The average Bonchev–Trinajstić information content (AvgIpc) is 2.37. The third kappa shape index (κ3) is 3.45. The molecule has 0 bridgehead atoms. The lowest BCUT2D eigenvalue weighted by Gasteiger charge is -2.23. The van der Waals surface area contributed by atoms with E-state index in [0.717, 1.165) is 10.9 Å². The Labute approximate surface area is 129 Å². The van der Waals surface area contributed by atoms with E-state index in [4.69, 9.17) is 16.3 Å². The molecule has 5 heteroatoms. The van der Waals surface area contributed by atoms with Gasteiger partial charge in [-0.1, -0.05) is 29.8 Å². The van der Waals surface area contributed by atoms with Gasteiger partial charge in [-0.3, -0.25) is 0 Å². The monoisotopic (exact) mass is 306 g/mol. The second kappa shape index (κ2) is 5.90. The Kier molecular flexibility index (Phi) is 4.37. The quantitative estimate of drug-likeness (QED) is 0.860. The largest absolute Gasteiger partial charge is 0.462 e. The van der Waals surface area contributed by atoms with E-state index in [9.17, 15) is 4.79 Å². The number of hydrogen-bond donors (Lipinski definition) is 1. The average molecular weight is 307 g/mol. The van der Waals surface area contributed by atoms with E-state index in [1.54, 1.807) is 6.92 Å². The zero-order valence-electron chi connectivity index (χ0n) is 12.7. The third-order valence-electron chi connectivity index (χ3n) is 2.80. The van der Waals surface area contributed by atoms with Crippen molar-refractivity contribution in [3.8, 4) is 0 Å². The molecule has 0 aliphatic rings. The topological polar surface area (TPSA) is 51.2 Å². The Morgan fingerprint density at radius 3 is 2.62 bits per heavy atom. The van der Waals surface area contributed by atoms with Crippen LogP contribution in [0.1, 0.15) is 38.1 Å². The summed E-state index contributed by atoms with van der Waals surface area (Å²) in [4.78, 5) is 16.8. The van der Waals surface area contributed by atoms with Crippen LogP contribution in [0.2, 0.25) is 5.02 Å². The summed E-state index contributed by atoms with van der Waals surface area (Å²) < 4.78 is 5.11. The fourth-order valence-electron chi connectivity index (χ4n) is 2.01. The minimum Gasteiger partial charge on any atom is -0.462 e. The number of carbonyl (C=O) groups excluding carboxylic acids is 1. The van der Waals surface area contributed by atoms with Gasteiger partial charge in [-0.25, -0.2) is 9.78 Å². The molecule has 0 spiro atoms.